The van der Waals surface area contributed by atoms with Gasteiger partial charge in [0.1, 0.15) is 18.4 Å². The minimum atomic E-state index is -0.847. The third-order valence-electron chi connectivity index (χ3n) is 5.78. The second-order valence-electron chi connectivity index (χ2n) is 10.2. The fourth-order valence-electron chi connectivity index (χ4n) is 3.88. The van der Waals surface area contributed by atoms with E-state index in [2.05, 4.69) is 16.0 Å². The Kier molecular flexibility index (Phi) is 14.6. The summed E-state index contributed by atoms with van der Waals surface area (Å²) in [5.74, 6) is -1.05. The van der Waals surface area contributed by atoms with E-state index in [0.29, 0.717) is 38.5 Å². The van der Waals surface area contributed by atoms with Crippen LogP contribution in [-0.4, -0.2) is 54.7 Å². The van der Waals surface area contributed by atoms with Crippen molar-refractivity contribution in [2.24, 2.45) is 23.3 Å². The molecule has 1 rings (SSSR count). The molecule has 4 atom stereocenters. The van der Waals surface area contributed by atoms with Crippen molar-refractivity contribution in [1.29, 1.82) is 0 Å². The predicted octanol–water partition coefficient (Wildman–Crippen LogP) is 1.43. The first-order valence-electron chi connectivity index (χ1n) is 12.9. The molecule has 1 aromatic rings. The van der Waals surface area contributed by atoms with Gasteiger partial charge in [0.25, 0.3) is 0 Å². The van der Waals surface area contributed by atoms with E-state index in [0.717, 1.165) is 18.4 Å². The molecule has 1 aromatic carbocycles. The molecule has 0 saturated carbocycles. The second kappa shape index (κ2) is 16.8. The highest BCUT2D eigenvalue weighted by Gasteiger charge is 2.30. The molecule has 0 heterocycles. The van der Waals surface area contributed by atoms with Crippen LogP contribution in [0.3, 0.4) is 0 Å². The zero-order valence-electron chi connectivity index (χ0n) is 22.2. The van der Waals surface area contributed by atoms with Gasteiger partial charge in [0.05, 0.1) is 12.1 Å². The predicted molar refractivity (Wildman–Crippen MR) is 142 cm³/mol. The first-order valence-corrected chi connectivity index (χ1v) is 12.9. The van der Waals surface area contributed by atoms with Crippen LogP contribution in [0, 0.1) is 11.8 Å². The van der Waals surface area contributed by atoms with Crippen molar-refractivity contribution in [2.75, 3.05) is 6.54 Å². The van der Waals surface area contributed by atoms with Gasteiger partial charge in [-0.1, -0.05) is 64.4 Å². The summed E-state index contributed by atoms with van der Waals surface area (Å²) in [6.45, 7) is 8.32. The van der Waals surface area contributed by atoms with E-state index in [1.807, 2.05) is 58.0 Å². The van der Waals surface area contributed by atoms with Gasteiger partial charge < -0.3 is 32.2 Å². The molecule has 0 fully saturated rings. The van der Waals surface area contributed by atoms with E-state index in [-0.39, 0.29) is 11.8 Å². The maximum atomic E-state index is 13.2. The molecule has 0 unspecified atom stereocenters. The molecular formula is C27H45N5O4. The molecule has 0 aliphatic heterocycles. The molecule has 202 valence electrons. The lowest BCUT2D eigenvalue weighted by Crippen LogP contribution is -2.57. The van der Waals surface area contributed by atoms with Gasteiger partial charge in [-0.05, 0) is 56.0 Å². The Balaban J connectivity index is 2.89. The maximum absolute atomic E-state index is 13.2. The fourth-order valence-corrected chi connectivity index (χ4v) is 3.88. The Bertz CT molecular complexity index is 816. The number of hydrogen-bond donors (Lipinski definition) is 5. The van der Waals surface area contributed by atoms with Gasteiger partial charge in [-0.25, -0.2) is 0 Å². The highest BCUT2D eigenvalue weighted by Crippen LogP contribution is 2.10. The number of benzene rings is 1. The Hall–Kier alpha value is -2.78. The summed E-state index contributed by atoms with van der Waals surface area (Å²) in [5.41, 5.74) is 12.4. The van der Waals surface area contributed by atoms with Gasteiger partial charge >= 0.3 is 0 Å². The lowest BCUT2D eigenvalue weighted by Gasteiger charge is -2.26. The molecule has 0 aromatic heterocycles. The standard InChI is InChI=1S/C27H45N5O4/c1-18(2)14-23(26(35)30-21(17-33)16-20-10-6-5-7-11-20)32-27(36)24(15-19(3)4)31-25(34)22(29)12-8-9-13-28/h5-7,10-11,17-19,21-24H,8-9,12-16,28-29H2,1-4H3,(H,30,35)(H,31,34)(H,32,36)/t21-,22-,23-,24-/m0/s1. The van der Waals surface area contributed by atoms with Gasteiger partial charge in [0, 0.05) is 0 Å². The summed E-state index contributed by atoms with van der Waals surface area (Å²) in [6, 6.07) is 6.26. The van der Waals surface area contributed by atoms with Crippen LogP contribution in [0.5, 0.6) is 0 Å². The van der Waals surface area contributed by atoms with Crippen molar-refractivity contribution in [1.82, 2.24) is 16.0 Å². The van der Waals surface area contributed by atoms with E-state index in [1.165, 1.54) is 0 Å². The Morgan fingerprint density at radius 3 is 1.86 bits per heavy atom. The largest absolute Gasteiger partial charge is 0.344 e. The SMILES string of the molecule is CC(C)C[C@H](NC(=O)[C@H](CC(C)C)NC(=O)[C@@H](N)CCCCN)C(=O)N[C@H](C=O)Cc1ccccc1. The van der Waals surface area contributed by atoms with Crippen LogP contribution in [0.25, 0.3) is 0 Å². The van der Waals surface area contributed by atoms with Crippen LogP contribution < -0.4 is 27.4 Å². The molecule has 0 saturated heterocycles. The van der Waals surface area contributed by atoms with Gasteiger partial charge in [-0.3, -0.25) is 14.4 Å². The number of nitrogens with two attached hydrogens (primary N) is 2. The van der Waals surface area contributed by atoms with E-state index in [4.69, 9.17) is 11.5 Å². The molecule has 0 radical (unpaired) electrons. The lowest BCUT2D eigenvalue weighted by molar-refractivity contribution is -0.133. The van der Waals surface area contributed by atoms with Crippen LogP contribution in [0.4, 0.5) is 0 Å². The normalized spacial score (nSPS) is 14.6. The van der Waals surface area contributed by atoms with Crippen LogP contribution in [0.1, 0.15) is 65.4 Å². The van der Waals surface area contributed by atoms with Crippen LogP contribution in [-0.2, 0) is 25.6 Å². The van der Waals surface area contributed by atoms with Crippen LogP contribution >= 0.6 is 0 Å². The van der Waals surface area contributed by atoms with E-state index < -0.39 is 41.9 Å². The fraction of sp³-hybridized carbons (Fsp3) is 0.630. The van der Waals surface area contributed by atoms with Crippen molar-refractivity contribution in [3.63, 3.8) is 0 Å². The molecule has 36 heavy (non-hydrogen) atoms. The molecule has 0 aliphatic rings. The van der Waals surface area contributed by atoms with Crippen molar-refractivity contribution >= 4 is 24.0 Å². The first-order chi connectivity index (χ1) is 17.1. The smallest absolute Gasteiger partial charge is 0.243 e. The van der Waals surface area contributed by atoms with E-state index in [9.17, 15) is 19.2 Å². The van der Waals surface area contributed by atoms with Gasteiger partial charge in [-0.15, -0.1) is 0 Å². The average molecular weight is 504 g/mol. The number of rotatable bonds is 17. The zero-order valence-corrected chi connectivity index (χ0v) is 22.2. The molecule has 9 heteroatoms. The minimum Gasteiger partial charge on any atom is -0.344 e. The topological polar surface area (TPSA) is 156 Å². The Morgan fingerprint density at radius 1 is 0.833 bits per heavy atom. The van der Waals surface area contributed by atoms with Crippen molar-refractivity contribution < 1.29 is 19.2 Å². The highest BCUT2D eigenvalue weighted by molar-refractivity contribution is 5.93. The highest BCUT2D eigenvalue weighted by atomic mass is 16.2. The number of nitrogens with one attached hydrogen (secondary N) is 3. The summed E-state index contributed by atoms with van der Waals surface area (Å²) in [6.07, 6.45) is 3.81. The molecule has 9 nitrogen and oxygen atoms in total. The van der Waals surface area contributed by atoms with Gasteiger partial charge in [0.2, 0.25) is 17.7 Å². The molecule has 0 spiro atoms. The number of aldehydes is 1. The number of carbonyl (C=O) groups excluding carboxylic acids is 4. The molecule has 0 bridgehead atoms. The summed E-state index contributed by atoms with van der Waals surface area (Å²) < 4.78 is 0. The number of hydrogen-bond acceptors (Lipinski definition) is 6. The van der Waals surface area contributed by atoms with Crippen LogP contribution in [0.2, 0.25) is 0 Å². The molecular weight excluding hydrogens is 458 g/mol. The Labute approximate surface area is 215 Å². The van der Waals surface area contributed by atoms with E-state index >= 15 is 0 Å². The molecule has 0 aliphatic carbocycles. The minimum absolute atomic E-state index is 0.110. The second-order valence-corrected chi connectivity index (χ2v) is 10.2. The summed E-state index contributed by atoms with van der Waals surface area (Å²) >= 11 is 0. The average Bonchev–Trinajstić information content (AvgIpc) is 2.82. The number of amides is 3. The zero-order chi connectivity index (χ0) is 27.1. The van der Waals surface area contributed by atoms with Crippen molar-refractivity contribution in [2.45, 2.75) is 90.4 Å². The number of carbonyl (C=O) groups is 4. The first kappa shape index (κ1) is 31.3. The van der Waals surface area contributed by atoms with Crippen LogP contribution in [0.15, 0.2) is 30.3 Å². The maximum Gasteiger partial charge on any atom is 0.243 e. The van der Waals surface area contributed by atoms with Crippen molar-refractivity contribution in [3.8, 4) is 0 Å². The third kappa shape index (κ3) is 12.3. The van der Waals surface area contributed by atoms with Gasteiger partial charge in [-0.2, -0.15) is 0 Å². The Morgan fingerprint density at radius 2 is 1.36 bits per heavy atom. The van der Waals surface area contributed by atoms with Gasteiger partial charge in [0.15, 0.2) is 0 Å². The molecule has 3 amide bonds. The summed E-state index contributed by atoms with van der Waals surface area (Å²) in [5, 5.41) is 8.32. The number of unbranched alkanes of at least 4 members (excludes halogenated alkanes) is 1. The monoisotopic (exact) mass is 503 g/mol. The van der Waals surface area contributed by atoms with E-state index in [1.54, 1.807) is 0 Å². The lowest BCUT2D eigenvalue weighted by atomic mass is 9.99. The van der Waals surface area contributed by atoms with Crippen molar-refractivity contribution in [3.05, 3.63) is 35.9 Å². The third-order valence-corrected chi connectivity index (χ3v) is 5.78. The summed E-state index contributed by atoms with van der Waals surface area (Å²) in [7, 11) is 0. The summed E-state index contributed by atoms with van der Waals surface area (Å²) in [4.78, 5) is 50.6. The molecule has 7 N–H and O–H groups in total. The quantitative estimate of drug-likeness (QED) is 0.160.